The average Bonchev–Trinajstić information content (AvgIpc) is 2.95. The Balaban J connectivity index is 2.13. The topological polar surface area (TPSA) is 109 Å². The Labute approximate surface area is 102 Å². The van der Waals surface area contributed by atoms with Crippen molar-refractivity contribution in [1.29, 1.82) is 0 Å². The van der Waals surface area contributed by atoms with E-state index >= 15 is 0 Å². The molecule has 0 radical (unpaired) electrons. The van der Waals surface area contributed by atoms with Gasteiger partial charge >= 0.3 is 0 Å². The quantitative estimate of drug-likeness (QED) is 0.630. The second-order valence-corrected chi connectivity index (χ2v) is 4.01. The fraction of sp³-hybridized carbons (Fsp3) is 0.222. The van der Waals surface area contributed by atoms with Crippen LogP contribution in [0.25, 0.3) is 0 Å². The van der Waals surface area contributed by atoms with Crippen LogP contribution in [0.1, 0.15) is 16.2 Å². The zero-order valence-corrected chi connectivity index (χ0v) is 9.97. The molecule has 2 aromatic rings. The molecule has 90 valence electrons. The molecule has 2 aromatic heterocycles. The van der Waals surface area contributed by atoms with Gasteiger partial charge in [-0.2, -0.15) is 4.37 Å². The maximum Gasteiger partial charge on any atom is 0.257 e. The first-order valence-electron chi connectivity index (χ1n) is 4.91. The van der Waals surface area contributed by atoms with Gasteiger partial charge in [0, 0.05) is 19.4 Å². The van der Waals surface area contributed by atoms with Crippen LogP contribution in [0.3, 0.4) is 0 Å². The van der Waals surface area contributed by atoms with Gasteiger partial charge in [-0.25, -0.2) is 4.98 Å². The van der Waals surface area contributed by atoms with Gasteiger partial charge in [-0.1, -0.05) is 0 Å². The van der Waals surface area contributed by atoms with Crippen LogP contribution in [0.5, 0.6) is 0 Å². The zero-order chi connectivity index (χ0) is 12.3. The third kappa shape index (κ3) is 2.36. The van der Waals surface area contributed by atoms with Crippen LogP contribution in [0.4, 0.5) is 10.8 Å². The van der Waals surface area contributed by atoms with Gasteiger partial charge in [-0.15, -0.1) is 0 Å². The van der Waals surface area contributed by atoms with Crippen LogP contribution in [0, 0.1) is 0 Å². The number of anilines is 2. The number of aromatic amines is 1. The first-order valence-corrected chi connectivity index (χ1v) is 5.69. The van der Waals surface area contributed by atoms with Crippen LogP contribution in [-0.2, 0) is 6.54 Å². The first-order chi connectivity index (χ1) is 8.22. The fourth-order valence-electron chi connectivity index (χ4n) is 1.33. The van der Waals surface area contributed by atoms with Crippen molar-refractivity contribution in [1.82, 2.24) is 19.7 Å². The van der Waals surface area contributed by atoms with Crippen molar-refractivity contribution in [2.45, 2.75) is 6.54 Å². The highest BCUT2D eigenvalue weighted by molar-refractivity contribution is 7.11. The molecule has 0 atom stereocenters. The van der Waals surface area contributed by atoms with E-state index in [1.165, 1.54) is 0 Å². The highest BCUT2D eigenvalue weighted by atomic mass is 32.1. The Hall–Kier alpha value is -2.09. The molecule has 1 amide bonds. The molecule has 17 heavy (non-hydrogen) atoms. The third-order valence-corrected chi connectivity index (χ3v) is 2.96. The monoisotopic (exact) mass is 252 g/mol. The van der Waals surface area contributed by atoms with Crippen molar-refractivity contribution in [2.75, 3.05) is 18.1 Å². The molecule has 0 bridgehead atoms. The summed E-state index contributed by atoms with van der Waals surface area (Å²) >= 11 is 1.15. The SMILES string of the molecule is CNC(=O)c1c(N)nsc1NCc1ncc[nH]1. The second-order valence-electron chi connectivity index (χ2n) is 3.24. The predicted octanol–water partition coefficient (Wildman–Crippen LogP) is 0.420. The summed E-state index contributed by atoms with van der Waals surface area (Å²) in [4.78, 5) is 18.6. The Morgan fingerprint density at radius 2 is 2.47 bits per heavy atom. The molecular weight excluding hydrogens is 240 g/mol. The lowest BCUT2D eigenvalue weighted by Gasteiger charge is -2.04. The van der Waals surface area contributed by atoms with Crippen molar-refractivity contribution in [2.24, 2.45) is 0 Å². The van der Waals surface area contributed by atoms with Crippen LogP contribution >= 0.6 is 11.5 Å². The number of nitrogens with one attached hydrogen (secondary N) is 3. The van der Waals surface area contributed by atoms with E-state index in [4.69, 9.17) is 5.73 Å². The first kappa shape index (κ1) is 11.4. The maximum absolute atomic E-state index is 11.6. The molecule has 2 heterocycles. The normalized spacial score (nSPS) is 10.2. The third-order valence-electron chi connectivity index (χ3n) is 2.14. The van der Waals surface area contributed by atoms with E-state index in [1.54, 1.807) is 19.4 Å². The van der Waals surface area contributed by atoms with Gasteiger partial charge in [0.25, 0.3) is 5.91 Å². The van der Waals surface area contributed by atoms with Crippen molar-refractivity contribution >= 4 is 28.3 Å². The van der Waals surface area contributed by atoms with Crippen molar-refractivity contribution in [3.05, 3.63) is 23.8 Å². The Morgan fingerprint density at radius 3 is 3.12 bits per heavy atom. The van der Waals surface area contributed by atoms with Crippen LogP contribution < -0.4 is 16.4 Å². The highest BCUT2D eigenvalue weighted by Crippen LogP contribution is 2.26. The molecule has 5 N–H and O–H groups in total. The number of aromatic nitrogens is 3. The molecule has 0 saturated heterocycles. The average molecular weight is 252 g/mol. The molecule has 0 aromatic carbocycles. The molecule has 0 aliphatic rings. The largest absolute Gasteiger partial charge is 0.382 e. The van der Waals surface area contributed by atoms with Gasteiger partial charge in [0.2, 0.25) is 0 Å². The molecule has 0 spiro atoms. The molecule has 0 saturated carbocycles. The summed E-state index contributed by atoms with van der Waals surface area (Å²) in [6.07, 6.45) is 3.40. The van der Waals surface area contributed by atoms with E-state index in [0.29, 0.717) is 17.1 Å². The summed E-state index contributed by atoms with van der Waals surface area (Å²) in [6.45, 7) is 0.485. The molecule has 0 fully saturated rings. The van der Waals surface area contributed by atoms with E-state index in [2.05, 4.69) is 25.0 Å². The number of rotatable bonds is 4. The Kier molecular flexibility index (Phi) is 3.24. The molecule has 8 heteroatoms. The van der Waals surface area contributed by atoms with Gasteiger partial charge in [0.15, 0.2) is 5.82 Å². The van der Waals surface area contributed by atoms with Gasteiger partial charge in [-0.05, 0) is 11.5 Å². The fourth-order valence-corrected chi connectivity index (χ4v) is 2.03. The number of carbonyl (C=O) groups excluding carboxylic acids is 1. The number of nitrogens with two attached hydrogens (primary N) is 1. The van der Waals surface area contributed by atoms with Crippen molar-refractivity contribution < 1.29 is 4.79 Å². The summed E-state index contributed by atoms with van der Waals surface area (Å²) in [5, 5.41) is 6.24. The number of hydrogen-bond acceptors (Lipinski definition) is 6. The molecule has 7 nitrogen and oxygen atoms in total. The highest BCUT2D eigenvalue weighted by Gasteiger charge is 2.17. The molecular formula is C9H12N6OS. The van der Waals surface area contributed by atoms with Gasteiger partial charge in [-0.3, -0.25) is 4.79 Å². The molecule has 0 aliphatic heterocycles. The lowest BCUT2D eigenvalue weighted by molar-refractivity contribution is 0.0965. The smallest absolute Gasteiger partial charge is 0.257 e. The Morgan fingerprint density at radius 1 is 1.65 bits per heavy atom. The molecule has 2 rings (SSSR count). The minimum absolute atomic E-state index is 0.233. The summed E-state index contributed by atoms with van der Waals surface area (Å²) < 4.78 is 3.95. The number of hydrogen-bond donors (Lipinski definition) is 4. The van der Waals surface area contributed by atoms with Crippen molar-refractivity contribution in [3.63, 3.8) is 0 Å². The number of nitrogens with zero attached hydrogens (tertiary/aromatic N) is 2. The van der Waals surface area contributed by atoms with E-state index in [9.17, 15) is 4.79 Å². The molecule has 0 unspecified atom stereocenters. The van der Waals surface area contributed by atoms with E-state index in [1.807, 2.05) is 0 Å². The van der Waals surface area contributed by atoms with E-state index < -0.39 is 0 Å². The zero-order valence-electron chi connectivity index (χ0n) is 9.15. The van der Waals surface area contributed by atoms with Crippen LogP contribution in [0.15, 0.2) is 12.4 Å². The Bertz CT molecular complexity index is 506. The van der Waals surface area contributed by atoms with E-state index in [-0.39, 0.29) is 11.7 Å². The summed E-state index contributed by atoms with van der Waals surface area (Å²) in [7, 11) is 1.55. The number of nitrogen functional groups attached to an aromatic ring is 1. The minimum Gasteiger partial charge on any atom is -0.382 e. The van der Waals surface area contributed by atoms with Gasteiger partial charge in [0.1, 0.15) is 16.4 Å². The van der Waals surface area contributed by atoms with Crippen molar-refractivity contribution in [3.8, 4) is 0 Å². The number of H-pyrrole nitrogens is 1. The van der Waals surface area contributed by atoms with Crippen LogP contribution in [-0.4, -0.2) is 27.3 Å². The maximum atomic E-state index is 11.6. The number of carbonyl (C=O) groups is 1. The minimum atomic E-state index is -0.252. The summed E-state index contributed by atoms with van der Waals surface area (Å²) in [5.74, 6) is 0.759. The lowest BCUT2D eigenvalue weighted by atomic mass is 10.3. The number of imidazole rings is 1. The van der Waals surface area contributed by atoms with Gasteiger partial charge in [0.05, 0.1) is 6.54 Å². The second kappa shape index (κ2) is 4.83. The lowest BCUT2D eigenvalue weighted by Crippen LogP contribution is -2.20. The van der Waals surface area contributed by atoms with Crippen LogP contribution in [0.2, 0.25) is 0 Å². The molecule has 0 aliphatic carbocycles. The van der Waals surface area contributed by atoms with E-state index in [0.717, 1.165) is 17.4 Å². The summed E-state index contributed by atoms with van der Waals surface area (Å²) in [5.41, 5.74) is 6.02. The number of amides is 1. The standard InChI is InChI=1S/C9H12N6OS/c1-11-8(16)6-7(10)15-17-9(6)14-4-5-12-2-3-13-5/h2-3,14H,4H2,1H3,(H2,10,15)(H,11,16)(H,12,13). The van der Waals surface area contributed by atoms with Gasteiger partial charge < -0.3 is 21.4 Å². The summed E-state index contributed by atoms with van der Waals surface area (Å²) in [6, 6.07) is 0. The predicted molar refractivity (Wildman–Crippen MR) is 65.8 cm³/mol.